The zero-order valence-electron chi connectivity index (χ0n) is 12.2. The summed E-state index contributed by atoms with van der Waals surface area (Å²) < 4.78 is 0. The fraction of sp³-hybridized carbons (Fsp3) is 0.857. The first-order valence-corrected chi connectivity index (χ1v) is 7.36. The molecule has 0 atom stereocenters. The van der Waals surface area contributed by atoms with Gasteiger partial charge >= 0.3 is 0 Å². The molecule has 0 spiro atoms. The largest absolute Gasteiger partial charge is 0.355 e. The summed E-state index contributed by atoms with van der Waals surface area (Å²) in [6.07, 6.45) is 4.65. The molecule has 1 rings (SSSR count). The molecule has 0 aromatic carbocycles. The van der Waals surface area contributed by atoms with Crippen LogP contribution in [0.4, 0.5) is 0 Å². The molecule has 19 heavy (non-hydrogen) atoms. The molecule has 2 amide bonds. The maximum atomic E-state index is 12.2. The van der Waals surface area contributed by atoms with E-state index in [-0.39, 0.29) is 18.4 Å². The summed E-state index contributed by atoms with van der Waals surface area (Å²) in [6.45, 7) is 5.15. The number of carbonyl (C=O) groups excluding carboxylic acids is 2. The number of carbonyl (C=O) groups is 2. The molecule has 0 aromatic rings. The number of likely N-dealkylation sites (N-methyl/N-ethyl adjacent to an activating group) is 2. The van der Waals surface area contributed by atoms with E-state index in [9.17, 15) is 9.59 Å². The molecule has 0 aromatic heterocycles. The van der Waals surface area contributed by atoms with Gasteiger partial charge in [-0.3, -0.25) is 9.59 Å². The summed E-state index contributed by atoms with van der Waals surface area (Å²) in [5.41, 5.74) is 5.86. The number of nitrogens with two attached hydrogens (primary N) is 1. The molecule has 0 aliphatic heterocycles. The van der Waals surface area contributed by atoms with E-state index in [2.05, 4.69) is 5.32 Å². The summed E-state index contributed by atoms with van der Waals surface area (Å²) in [7, 11) is 0. The molecule has 1 aliphatic carbocycles. The summed E-state index contributed by atoms with van der Waals surface area (Å²) in [6, 6.07) is 0.309. The van der Waals surface area contributed by atoms with Gasteiger partial charge in [0.1, 0.15) is 0 Å². The molecule has 110 valence electrons. The van der Waals surface area contributed by atoms with E-state index in [1.807, 2.05) is 13.8 Å². The Morgan fingerprint density at radius 3 is 2.37 bits per heavy atom. The van der Waals surface area contributed by atoms with Gasteiger partial charge < -0.3 is 16.0 Å². The monoisotopic (exact) mass is 269 g/mol. The zero-order valence-corrected chi connectivity index (χ0v) is 12.2. The molecule has 5 nitrogen and oxygen atoms in total. The Hall–Kier alpha value is -1.10. The van der Waals surface area contributed by atoms with Crippen molar-refractivity contribution < 1.29 is 9.59 Å². The Morgan fingerprint density at radius 2 is 1.84 bits per heavy atom. The fourth-order valence-corrected chi connectivity index (χ4v) is 2.57. The maximum Gasteiger partial charge on any atom is 0.239 e. The van der Waals surface area contributed by atoms with Gasteiger partial charge in [-0.05, 0) is 45.4 Å². The third-order valence-electron chi connectivity index (χ3n) is 3.80. The van der Waals surface area contributed by atoms with E-state index in [0.717, 1.165) is 25.7 Å². The second kappa shape index (κ2) is 8.15. The van der Waals surface area contributed by atoms with Crippen LogP contribution in [-0.2, 0) is 9.59 Å². The Kier molecular flexibility index (Phi) is 6.84. The van der Waals surface area contributed by atoms with Gasteiger partial charge in [-0.1, -0.05) is 0 Å². The van der Waals surface area contributed by atoms with Crippen molar-refractivity contribution in [3.8, 4) is 0 Å². The van der Waals surface area contributed by atoms with Crippen molar-refractivity contribution in [2.24, 2.45) is 11.7 Å². The van der Waals surface area contributed by atoms with E-state index in [1.54, 1.807) is 4.90 Å². The number of rotatable bonds is 6. The van der Waals surface area contributed by atoms with Gasteiger partial charge in [0.25, 0.3) is 0 Å². The van der Waals surface area contributed by atoms with Crippen molar-refractivity contribution in [3.63, 3.8) is 0 Å². The highest BCUT2D eigenvalue weighted by atomic mass is 16.2. The Morgan fingerprint density at radius 1 is 1.21 bits per heavy atom. The molecule has 5 heteroatoms. The lowest BCUT2D eigenvalue weighted by Crippen LogP contribution is -2.41. The lowest BCUT2D eigenvalue weighted by Gasteiger charge is -2.28. The van der Waals surface area contributed by atoms with Crippen molar-refractivity contribution in [1.82, 2.24) is 10.2 Å². The van der Waals surface area contributed by atoms with Crippen LogP contribution < -0.4 is 11.1 Å². The second-order valence-corrected chi connectivity index (χ2v) is 5.35. The highest BCUT2D eigenvalue weighted by Crippen LogP contribution is 2.26. The van der Waals surface area contributed by atoms with E-state index >= 15 is 0 Å². The first-order chi connectivity index (χ1) is 9.06. The molecular weight excluding hydrogens is 242 g/mol. The number of nitrogens with zero attached hydrogens (tertiary/aromatic N) is 1. The lowest BCUT2D eigenvalue weighted by molar-refractivity contribution is -0.136. The summed E-state index contributed by atoms with van der Waals surface area (Å²) in [4.78, 5) is 25.3. The van der Waals surface area contributed by atoms with Crippen molar-refractivity contribution in [2.45, 2.75) is 52.0 Å². The average Bonchev–Trinajstić information content (AvgIpc) is 2.39. The third kappa shape index (κ3) is 5.59. The third-order valence-corrected chi connectivity index (χ3v) is 3.80. The lowest BCUT2D eigenvalue weighted by atomic mass is 9.84. The summed E-state index contributed by atoms with van der Waals surface area (Å²) >= 11 is 0. The van der Waals surface area contributed by atoms with Crippen LogP contribution in [-0.4, -0.2) is 42.4 Å². The molecule has 3 N–H and O–H groups in total. The molecule has 0 radical (unpaired) electrons. The van der Waals surface area contributed by atoms with Crippen LogP contribution in [0.5, 0.6) is 0 Å². The molecule has 1 fully saturated rings. The Balaban J connectivity index is 2.38. The topological polar surface area (TPSA) is 75.4 Å². The molecule has 1 saturated carbocycles. The van der Waals surface area contributed by atoms with Gasteiger partial charge in [-0.15, -0.1) is 0 Å². The molecule has 0 saturated heterocycles. The summed E-state index contributed by atoms with van der Waals surface area (Å²) in [5.74, 6) is 0.452. The Labute approximate surface area is 115 Å². The van der Waals surface area contributed by atoms with E-state index in [0.29, 0.717) is 31.5 Å². The van der Waals surface area contributed by atoms with Gasteiger partial charge in [0.15, 0.2) is 0 Å². The molecule has 0 unspecified atom stereocenters. The van der Waals surface area contributed by atoms with Gasteiger partial charge in [0, 0.05) is 25.6 Å². The quantitative estimate of drug-likeness (QED) is 0.751. The molecular formula is C14H27N3O2. The summed E-state index contributed by atoms with van der Waals surface area (Å²) in [5, 5.41) is 2.73. The van der Waals surface area contributed by atoms with Gasteiger partial charge in [0.2, 0.25) is 11.8 Å². The first kappa shape index (κ1) is 16.0. The fourth-order valence-electron chi connectivity index (χ4n) is 2.57. The highest BCUT2D eigenvalue weighted by molar-refractivity contribution is 5.84. The number of hydrogen-bond donors (Lipinski definition) is 2. The highest BCUT2D eigenvalue weighted by Gasteiger charge is 2.23. The number of amides is 2. The standard InChI is InChI=1S/C14H27N3O2/c1-3-16-13(18)10-17(4-2)14(19)9-11-5-7-12(15)8-6-11/h11-12H,3-10,15H2,1-2H3,(H,16,18). The van der Waals surface area contributed by atoms with Gasteiger partial charge in [0.05, 0.1) is 6.54 Å². The van der Waals surface area contributed by atoms with Gasteiger partial charge in [-0.2, -0.15) is 0 Å². The second-order valence-electron chi connectivity index (χ2n) is 5.35. The van der Waals surface area contributed by atoms with Crippen LogP contribution in [0.15, 0.2) is 0 Å². The minimum absolute atomic E-state index is 0.0802. The zero-order chi connectivity index (χ0) is 14.3. The minimum Gasteiger partial charge on any atom is -0.355 e. The Bertz CT molecular complexity index is 299. The van der Waals surface area contributed by atoms with Crippen LogP contribution in [0.1, 0.15) is 46.0 Å². The van der Waals surface area contributed by atoms with Crippen LogP contribution in [0.25, 0.3) is 0 Å². The van der Waals surface area contributed by atoms with E-state index < -0.39 is 0 Å². The SMILES string of the molecule is CCNC(=O)CN(CC)C(=O)CC1CCC(N)CC1. The van der Waals surface area contributed by atoms with Crippen molar-refractivity contribution >= 4 is 11.8 Å². The normalized spacial score (nSPS) is 22.9. The maximum absolute atomic E-state index is 12.2. The number of hydrogen-bond acceptors (Lipinski definition) is 3. The minimum atomic E-state index is -0.0802. The van der Waals surface area contributed by atoms with Crippen molar-refractivity contribution in [2.75, 3.05) is 19.6 Å². The first-order valence-electron chi connectivity index (χ1n) is 7.36. The van der Waals surface area contributed by atoms with Crippen LogP contribution in [0.3, 0.4) is 0 Å². The van der Waals surface area contributed by atoms with Crippen LogP contribution >= 0.6 is 0 Å². The number of nitrogens with one attached hydrogen (secondary N) is 1. The van der Waals surface area contributed by atoms with Crippen molar-refractivity contribution in [1.29, 1.82) is 0 Å². The predicted octanol–water partition coefficient (Wildman–Crippen LogP) is 0.879. The van der Waals surface area contributed by atoms with Crippen LogP contribution in [0.2, 0.25) is 0 Å². The van der Waals surface area contributed by atoms with Gasteiger partial charge in [-0.25, -0.2) is 0 Å². The average molecular weight is 269 g/mol. The van der Waals surface area contributed by atoms with E-state index in [4.69, 9.17) is 5.73 Å². The molecule has 0 bridgehead atoms. The van der Waals surface area contributed by atoms with E-state index in [1.165, 1.54) is 0 Å². The molecule has 1 aliphatic rings. The smallest absolute Gasteiger partial charge is 0.239 e. The molecule has 0 heterocycles. The van der Waals surface area contributed by atoms with Crippen molar-refractivity contribution in [3.05, 3.63) is 0 Å². The predicted molar refractivity (Wildman–Crippen MR) is 75.5 cm³/mol. The van der Waals surface area contributed by atoms with Crippen LogP contribution in [0, 0.1) is 5.92 Å².